The van der Waals surface area contributed by atoms with Crippen molar-refractivity contribution in [1.82, 2.24) is 0 Å². The zero-order chi connectivity index (χ0) is 20.8. The summed E-state index contributed by atoms with van der Waals surface area (Å²) < 4.78 is 6.40. The molecule has 0 aliphatic rings. The van der Waals surface area contributed by atoms with Crippen LogP contribution in [0, 0.1) is 3.57 Å². The highest BCUT2D eigenvalue weighted by molar-refractivity contribution is 14.1. The number of carboxylic acids is 1. The molecular formula is C22H18INO5. The van der Waals surface area contributed by atoms with Crippen LogP contribution in [0.3, 0.4) is 0 Å². The monoisotopic (exact) mass is 503 g/mol. The Kier molecular flexibility index (Phi) is 6.71. The van der Waals surface area contributed by atoms with Gasteiger partial charge in [0.05, 0.1) is 5.69 Å². The average Bonchev–Trinajstić information content (AvgIpc) is 2.69. The van der Waals surface area contributed by atoms with Crippen molar-refractivity contribution in [2.75, 3.05) is 5.32 Å². The van der Waals surface area contributed by atoms with Crippen LogP contribution in [0.5, 0.6) is 5.75 Å². The molecule has 3 aromatic rings. The fourth-order valence-corrected chi connectivity index (χ4v) is 3.43. The number of carbonyl (C=O) groups is 2. The molecule has 7 heteroatoms. The number of nitrogens with one attached hydrogen (secondary N) is 1. The minimum atomic E-state index is -1.10. The van der Waals surface area contributed by atoms with Crippen molar-refractivity contribution in [1.29, 1.82) is 0 Å². The Morgan fingerprint density at radius 1 is 1.10 bits per heavy atom. The number of aliphatic carboxylic acids is 1. The number of hydrogen-bond acceptors (Lipinski definition) is 4. The lowest BCUT2D eigenvalue weighted by Crippen LogP contribution is -2.18. The Morgan fingerprint density at radius 2 is 1.86 bits per heavy atom. The number of halogens is 1. The molecular weight excluding hydrogens is 485 g/mol. The van der Waals surface area contributed by atoms with Crippen LogP contribution in [0.25, 0.3) is 10.8 Å². The van der Waals surface area contributed by atoms with Crippen molar-refractivity contribution in [2.45, 2.75) is 12.5 Å². The number of hydrogen-bond donors (Lipinski definition) is 3. The second kappa shape index (κ2) is 9.42. The molecule has 0 unspecified atom stereocenters. The number of phenols is 1. The smallest absolute Gasteiger partial charge is 0.412 e. The fourth-order valence-electron chi connectivity index (χ4n) is 2.92. The molecule has 148 valence electrons. The highest BCUT2D eigenvalue weighted by Crippen LogP contribution is 2.32. The number of fused-ring (bicyclic) bond motifs is 1. The number of carboxylic acid groups (broad SMARTS) is 1. The normalized spacial score (nSPS) is 12.0. The highest BCUT2D eigenvalue weighted by Gasteiger charge is 2.20. The van der Waals surface area contributed by atoms with Crippen LogP contribution in [-0.4, -0.2) is 22.3 Å². The molecule has 0 saturated heterocycles. The van der Waals surface area contributed by atoms with Crippen molar-refractivity contribution in [2.24, 2.45) is 0 Å². The topological polar surface area (TPSA) is 95.9 Å². The Balaban J connectivity index is 1.83. The van der Waals surface area contributed by atoms with Gasteiger partial charge in [0.2, 0.25) is 0 Å². The molecule has 0 saturated carbocycles. The number of anilines is 1. The summed E-state index contributed by atoms with van der Waals surface area (Å²) in [4.78, 5) is 23.3. The van der Waals surface area contributed by atoms with Crippen molar-refractivity contribution in [3.8, 4) is 5.75 Å². The first-order valence-corrected chi connectivity index (χ1v) is 9.85. The van der Waals surface area contributed by atoms with Gasteiger partial charge in [-0.2, -0.15) is 0 Å². The summed E-state index contributed by atoms with van der Waals surface area (Å²) in [7, 11) is 0. The molecule has 3 rings (SSSR count). The molecule has 0 aliphatic carbocycles. The number of amides is 1. The molecule has 0 aromatic heterocycles. The molecule has 6 nitrogen and oxygen atoms in total. The predicted molar refractivity (Wildman–Crippen MR) is 119 cm³/mol. The highest BCUT2D eigenvalue weighted by atomic mass is 127. The van der Waals surface area contributed by atoms with Gasteiger partial charge in [-0.3, -0.25) is 5.32 Å². The lowest BCUT2D eigenvalue weighted by molar-refractivity contribution is -0.131. The SMILES string of the molecule is O=C(O)/C=C/C[C@@H](OC(=O)Nc1cccc2ccccc12)c1cc(I)ccc1O. The van der Waals surface area contributed by atoms with Crippen molar-refractivity contribution in [3.63, 3.8) is 0 Å². The third-order valence-corrected chi connectivity index (χ3v) is 4.89. The quantitative estimate of drug-likeness (QED) is 0.306. The molecule has 0 fully saturated rings. The molecule has 0 aliphatic heterocycles. The van der Waals surface area contributed by atoms with E-state index in [1.807, 2.05) is 36.4 Å². The Bertz CT molecular complexity index is 1070. The molecule has 1 atom stereocenters. The Morgan fingerprint density at radius 3 is 2.66 bits per heavy atom. The third kappa shape index (κ3) is 5.47. The van der Waals surface area contributed by atoms with Gasteiger partial charge in [-0.15, -0.1) is 0 Å². The van der Waals surface area contributed by atoms with Crippen molar-refractivity contribution in [3.05, 3.63) is 81.9 Å². The van der Waals surface area contributed by atoms with Gasteiger partial charge in [0, 0.05) is 27.0 Å². The second-order valence-corrected chi connectivity index (χ2v) is 7.47. The van der Waals surface area contributed by atoms with E-state index in [2.05, 4.69) is 27.9 Å². The number of rotatable bonds is 6. The van der Waals surface area contributed by atoms with E-state index in [0.717, 1.165) is 20.4 Å². The first kappa shape index (κ1) is 20.7. The minimum absolute atomic E-state index is 0.0305. The van der Waals surface area contributed by atoms with E-state index in [9.17, 15) is 14.7 Å². The van der Waals surface area contributed by atoms with Gasteiger partial charge in [0.15, 0.2) is 0 Å². The van der Waals surface area contributed by atoms with Crippen LogP contribution in [-0.2, 0) is 9.53 Å². The van der Waals surface area contributed by atoms with Gasteiger partial charge in [0.25, 0.3) is 0 Å². The maximum Gasteiger partial charge on any atom is 0.412 e. The maximum absolute atomic E-state index is 12.6. The third-order valence-electron chi connectivity index (χ3n) is 4.22. The maximum atomic E-state index is 12.6. The van der Waals surface area contributed by atoms with Crippen LogP contribution in [0.15, 0.2) is 72.8 Å². The molecule has 0 heterocycles. The zero-order valence-corrected chi connectivity index (χ0v) is 17.4. The van der Waals surface area contributed by atoms with Crippen LogP contribution in [0.1, 0.15) is 18.1 Å². The second-order valence-electron chi connectivity index (χ2n) is 6.23. The summed E-state index contributed by atoms with van der Waals surface area (Å²) in [6.07, 6.45) is 0.910. The van der Waals surface area contributed by atoms with E-state index in [4.69, 9.17) is 9.84 Å². The molecule has 0 spiro atoms. The van der Waals surface area contributed by atoms with Crippen LogP contribution in [0.2, 0.25) is 0 Å². The van der Waals surface area contributed by atoms with Crippen LogP contribution < -0.4 is 5.32 Å². The minimum Gasteiger partial charge on any atom is -0.508 e. The average molecular weight is 503 g/mol. The number of carbonyl (C=O) groups excluding carboxylic acids is 1. The van der Waals surface area contributed by atoms with Gasteiger partial charge < -0.3 is 14.9 Å². The first-order valence-electron chi connectivity index (χ1n) is 8.77. The van der Waals surface area contributed by atoms with E-state index < -0.39 is 18.2 Å². The molecule has 0 radical (unpaired) electrons. The van der Waals surface area contributed by atoms with E-state index in [-0.39, 0.29) is 12.2 Å². The molecule has 29 heavy (non-hydrogen) atoms. The van der Waals surface area contributed by atoms with Crippen LogP contribution in [0.4, 0.5) is 10.5 Å². The van der Waals surface area contributed by atoms with Crippen LogP contribution >= 0.6 is 22.6 Å². The summed E-state index contributed by atoms with van der Waals surface area (Å²) >= 11 is 2.09. The summed E-state index contributed by atoms with van der Waals surface area (Å²) in [6, 6.07) is 18.1. The van der Waals surface area contributed by atoms with E-state index in [1.165, 1.54) is 12.1 Å². The van der Waals surface area contributed by atoms with Crippen molar-refractivity contribution >= 4 is 51.1 Å². The number of benzene rings is 3. The number of ether oxygens (including phenoxy) is 1. The fraction of sp³-hybridized carbons (Fsp3) is 0.0909. The van der Waals surface area contributed by atoms with E-state index in [0.29, 0.717) is 11.3 Å². The van der Waals surface area contributed by atoms with Gasteiger partial charge >= 0.3 is 12.1 Å². The molecule has 3 N–H and O–H groups in total. The summed E-state index contributed by atoms with van der Waals surface area (Å²) in [5.41, 5.74) is 1.000. The lowest BCUT2D eigenvalue weighted by atomic mass is 10.0. The predicted octanol–water partition coefficient (Wildman–Crippen LogP) is 5.47. The summed E-state index contributed by atoms with van der Waals surface area (Å²) in [5.74, 6) is -1.13. The molecule has 3 aromatic carbocycles. The Hall–Kier alpha value is -3.07. The van der Waals surface area contributed by atoms with Gasteiger partial charge in [-0.1, -0.05) is 42.5 Å². The summed E-state index contributed by atoms with van der Waals surface area (Å²) in [6.45, 7) is 0. The number of aromatic hydroxyl groups is 1. The Labute approximate surface area is 181 Å². The largest absolute Gasteiger partial charge is 0.508 e. The van der Waals surface area contributed by atoms with Gasteiger partial charge in [-0.05, 0) is 52.2 Å². The van der Waals surface area contributed by atoms with E-state index in [1.54, 1.807) is 18.2 Å². The molecule has 0 bridgehead atoms. The zero-order valence-electron chi connectivity index (χ0n) is 15.2. The number of phenolic OH excluding ortho intramolecular Hbond substituents is 1. The van der Waals surface area contributed by atoms with Crippen molar-refractivity contribution < 1.29 is 24.5 Å². The first-order chi connectivity index (χ1) is 13.9. The van der Waals surface area contributed by atoms with E-state index >= 15 is 0 Å². The van der Waals surface area contributed by atoms with Gasteiger partial charge in [-0.25, -0.2) is 9.59 Å². The standard InChI is InChI=1S/C22H18INO5/c23-15-11-12-19(25)17(13-15)20(9-4-10-21(26)27)29-22(28)24-18-8-3-6-14-5-1-2-7-16(14)18/h1-8,10-13,20,25H,9H2,(H,24,28)(H,26,27)/b10-4+/t20-/m1/s1. The summed E-state index contributed by atoms with van der Waals surface area (Å²) in [5, 5.41) is 23.6. The van der Waals surface area contributed by atoms with Gasteiger partial charge in [0.1, 0.15) is 11.9 Å². The molecule has 1 amide bonds. The lowest BCUT2D eigenvalue weighted by Gasteiger charge is -2.19.